The SMILES string of the molecule is CC1(c2ccc(F)cc2Cl)NC(=O)N(CC(=O)N2CCOC3CCCCC32)C1=O. The van der Waals surface area contributed by atoms with Gasteiger partial charge >= 0.3 is 6.03 Å². The molecule has 4 amide bonds. The summed E-state index contributed by atoms with van der Waals surface area (Å²) in [6.07, 6.45) is 3.90. The van der Waals surface area contributed by atoms with Crippen LogP contribution in [0.2, 0.25) is 5.02 Å². The molecule has 1 aromatic carbocycles. The minimum absolute atomic E-state index is 0.0105. The van der Waals surface area contributed by atoms with Crippen LogP contribution in [0.3, 0.4) is 0 Å². The number of halogens is 2. The Bertz CT molecular complexity index is 864. The van der Waals surface area contributed by atoms with Crippen molar-refractivity contribution < 1.29 is 23.5 Å². The van der Waals surface area contributed by atoms with Crippen molar-refractivity contribution in [2.45, 2.75) is 50.3 Å². The Labute approximate surface area is 173 Å². The van der Waals surface area contributed by atoms with Gasteiger partial charge in [0.25, 0.3) is 5.91 Å². The predicted octanol–water partition coefficient (Wildman–Crippen LogP) is 2.42. The molecule has 3 fully saturated rings. The number of rotatable bonds is 3. The third kappa shape index (κ3) is 3.48. The Balaban J connectivity index is 1.52. The van der Waals surface area contributed by atoms with Crippen molar-refractivity contribution in [3.8, 4) is 0 Å². The number of hydrogen-bond acceptors (Lipinski definition) is 4. The van der Waals surface area contributed by atoms with Crippen LogP contribution in [-0.4, -0.2) is 59.5 Å². The maximum absolute atomic E-state index is 13.4. The summed E-state index contributed by atoms with van der Waals surface area (Å²) in [7, 11) is 0. The lowest BCUT2D eigenvalue weighted by Gasteiger charge is -2.44. The van der Waals surface area contributed by atoms with Gasteiger partial charge < -0.3 is 15.0 Å². The number of ether oxygens (including phenoxy) is 1. The summed E-state index contributed by atoms with van der Waals surface area (Å²) in [6, 6.07) is 2.96. The third-order valence-corrected chi connectivity index (χ3v) is 6.40. The minimum Gasteiger partial charge on any atom is -0.374 e. The van der Waals surface area contributed by atoms with E-state index in [0.717, 1.165) is 36.6 Å². The van der Waals surface area contributed by atoms with Crippen LogP contribution >= 0.6 is 11.6 Å². The minimum atomic E-state index is -1.46. The van der Waals surface area contributed by atoms with Crippen LogP contribution in [-0.2, 0) is 19.9 Å². The number of fused-ring (bicyclic) bond motifs is 1. The van der Waals surface area contributed by atoms with Crippen molar-refractivity contribution in [2.75, 3.05) is 19.7 Å². The van der Waals surface area contributed by atoms with Gasteiger partial charge in [-0.05, 0) is 31.9 Å². The Hall–Kier alpha value is -2.19. The second kappa shape index (κ2) is 7.57. The first-order chi connectivity index (χ1) is 13.8. The summed E-state index contributed by atoms with van der Waals surface area (Å²) in [6.45, 7) is 2.06. The Kier molecular flexibility index (Phi) is 5.25. The molecule has 3 unspecified atom stereocenters. The number of morpholine rings is 1. The van der Waals surface area contributed by atoms with E-state index in [1.807, 2.05) is 0 Å². The quantitative estimate of drug-likeness (QED) is 0.757. The summed E-state index contributed by atoms with van der Waals surface area (Å²) in [5, 5.41) is 2.64. The summed E-state index contributed by atoms with van der Waals surface area (Å²) in [5.41, 5.74) is -1.17. The zero-order valence-corrected chi connectivity index (χ0v) is 16.9. The van der Waals surface area contributed by atoms with Crippen molar-refractivity contribution in [3.63, 3.8) is 0 Å². The molecule has 4 rings (SSSR count). The van der Waals surface area contributed by atoms with Gasteiger partial charge in [-0.15, -0.1) is 0 Å². The number of urea groups is 1. The van der Waals surface area contributed by atoms with Crippen molar-refractivity contribution in [3.05, 3.63) is 34.6 Å². The molecule has 7 nitrogen and oxygen atoms in total. The summed E-state index contributed by atoms with van der Waals surface area (Å²) >= 11 is 6.11. The molecule has 9 heteroatoms. The number of nitrogens with one attached hydrogen (secondary N) is 1. The van der Waals surface area contributed by atoms with E-state index in [1.165, 1.54) is 19.1 Å². The van der Waals surface area contributed by atoms with Crippen molar-refractivity contribution in [1.29, 1.82) is 0 Å². The van der Waals surface area contributed by atoms with Crippen LogP contribution in [0.25, 0.3) is 0 Å². The third-order valence-electron chi connectivity index (χ3n) is 6.09. The molecule has 0 radical (unpaired) electrons. The van der Waals surface area contributed by atoms with Gasteiger partial charge in [-0.2, -0.15) is 0 Å². The molecule has 2 saturated heterocycles. The maximum atomic E-state index is 13.4. The lowest BCUT2D eigenvalue weighted by Crippen LogP contribution is -2.57. The highest BCUT2D eigenvalue weighted by Crippen LogP contribution is 2.34. The van der Waals surface area contributed by atoms with E-state index in [4.69, 9.17) is 16.3 Å². The number of amides is 4. The smallest absolute Gasteiger partial charge is 0.325 e. The van der Waals surface area contributed by atoms with Gasteiger partial charge in [-0.25, -0.2) is 9.18 Å². The van der Waals surface area contributed by atoms with Gasteiger partial charge in [0.15, 0.2) is 0 Å². The number of carbonyl (C=O) groups is 3. The molecule has 29 heavy (non-hydrogen) atoms. The fourth-order valence-corrected chi connectivity index (χ4v) is 4.91. The van der Waals surface area contributed by atoms with Gasteiger partial charge in [0.2, 0.25) is 5.91 Å². The van der Waals surface area contributed by atoms with Crippen molar-refractivity contribution in [2.24, 2.45) is 0 Å². The summed E-state index contributed by atoms with van der Waals surface area (Å²) < 4.78 is 19.2. The zero-order valence-electron chi connectivity index (χ0n) is 16.1. The summed E-state index contributed by atoms with van der Waals surface area (Å²) in [4.78, 5) is 41.2. The first kappa shape index (κ1) is 20.1. The molecule has 3 aliphatic rings. The molecule has 156 valence electrons. The molecule has 0 bridgehead atoms. The predicted molar refractivity (Wildman–Crippen MR) is 103 cm³/mol. The van der Waals surface area contributed by atoms with Crippen LogP contribution in [0, 0.1) is 5.82 Å². The Morgan fingerprint density at radius 2 is 2.10 bits per heavy atom. The summed E-state index contributed by atoms with van der Waals surface area (Å²) in [5.74, 6) is -1.40. The van der Waals surface area contributed by atoms with E-state index in [9.17, 15) is 18.8 Å². The lowest BCUT2D eigenvalue weighted by molar-refractivity contribution is -0.152. The molecule has 1 aliphatic carbocycles. The van der Waals surface area contributed by atoms with Crippen LogP contribution in [0.5, 0.6) is 0 Å². The average Bonchev–Trinajstić information content (AvgIpc) is 2.91. The molecule has 1 N–H and O–H groups in total. The number of carbonyl (C=O) groups excluding carboxylic acids is 3. The van der Waals surface area contributed by atoms with E-state index in [0.29, 0.717) is 13.2 Å². The monoisotopic (exact) mass is 423 g/mol. The van der Waals surface area contributed by atoms with Gasteiger partial charge in [0, 0.05) is 17.1 Å². The van der Waals surface area contributed by atoms with Gasteiger partial charge in [0.05, 0.1) is 18.8 Å². The molecule has 1 saturated carbocycles. The van der Waals surface area contributed by atoms with Crippen LogP contribution < -0.4 is 5.32 Å². The van der Waals surface area contributed by atoms with Gasteiger partial charge in [-0.3, -0.25) is 14.5 Å². The first-order valence-corrected chi connectivity index (χ1v) is 10.2. The molecule has 0 aromatic heterocycles. The number of hydrogen-bond donors (Lipinski definition) is 1. The fraction of sp³-hybridized carbons (Fsp3) is 0.550. The lowest BCUT2D eigenvalue weighted by atomic mass is 9.90. The van der Waals surface area contributed by atoms with E-state index in [1.54, 1.807) is 4.90 Å². The van der Waals surface area contributed by atoms with Crippen molar-refractivity contribution >= 4 is 29.4 Å². The van der Waals surface area contributed by atoms with Crippen molar-refractivity contribution in [1.82, 2.24) is 15.1 Å². The molecule has 1 aromatic rings. The van der Waals surface area contributed by atoms with E-state index < -0.39 is 23.3 Å². The Morgan fingerprint density at radius 3 is 2.86 bits per heavy atom. The largest absolute Gasteiger partial charge is 0.374 e. The molecule has 0 spiro atoms. The number of benzene rings is 1. The topological polar surface area (TPSA) is 79.0 Å². The normalized spacial score (nSPS) is 29.6. The highest BCUT2D eigenvalue weighted by Gasteiger charge is 2.51. The molecular formula is C20H23ClFN3O4. The molecule has 2 aliphatic heterocycles. The molecule has 3 atom stereocenters. The van der Waals surface area contributed by atoms with E-state index in [-0.39, 0.29) is 35.2 Å². The van der Waals surface area contributed by atoms with E-state index in [2.05, 4.69) is 5.32 Å². The maximum Gasteiger partial charge on any atom is 0.325 e. The van der Waals surface area contributed by atoms with Crippen LogP contribution in [0.4, 0.5) is 9.18 Å². The second-order valence-electron chi connectivity index (χ2n) is 7.92. The Morgan fingerprint density at radius 1 is 1.34 bits per heavy atom. The standard InChI is InChI=1S/C20H23ClFN3O4/c1-20(13-7-6-12(22)10-14(13)21)18(27)25(19(28)23-20)11-17(26)24-8-9-29-16-5-3-2-4-15(16)24/h6-7,10,15-16H,2-5,8-9,11H2,1H3,(H,23,28). The van der Waals surface area contributed by atoms with Gasteiger partial charge in [0.1, 0.15) is 17.9 Å². The van der Waals surface area contributed by atoms with E-state index >= 15 is 0 Å². The van der Waals surface area contributed by atoms with Crippen LogP contribution in [0.15, 0.2) is 18.2 Å². The number of imide groups is 1. The van der Waals surface area contributed by atoms with Gasteiger partial charge in [-0.1, -0.05) is 30.5 Å². The first-order valence-electron chi connectivity index (χ1n) is 9.82. The molecular weight excluding hydrogens is 401 g/mol. The van der Waals surface area contributed by atoms with Crippen LogP contribution in [0.1, 0.15) is 38.2 Å². The molecule has 2 heterocycles. The average molecular weight is 424 g/mol. The fourth-order valence-electron chi connectivity index (χ4n) is 4.55. The highest BCUT2D eigenvalue weighted by atomic mass is 35.5. The highest BCUT2D eigenvalue weighted by molar-refractivity contribution is 6.32. The number of nitrogens with zero attached hydrogens (tertiary/aromatic N) is 2. The zero-order chi connectivity index (χ0) is 20.8. The second-order valence-corrected chi connectivity index (χ2v) is 8.33.